The molecule has 9 nitrogen and oxygen atoms in total. The van der Waals surface area contributed by atoms with Gasteiger partial charge in [0, 0.05) is 31.6 Å². The van der Waals surface area contributed by atoms with E-state index in [4.69, 9.17) is 5.73 Å². The number of amides is 2. The first-order chi connectivity index (χ1) is 20.9. The summed E-state index contributed by atoms with van der Waals surface area (Å²) in [6.45, 7) is 9.41. The van der Waals surface area contributed by atoms with E-state index in [1.165, 1.54) is 0 Å². The lowest BCUT2D eigenvalue weighted by molar-refractivity contribution is -0.139. The Morgan fingerprint density at radius 1 is 0.600 bits per heavy atom. The smallest absolute Gasteiger partial charge is 0.220 e. The first-order valence-corrected chi connectivity index (χ1v) is 15.5. The third-order valence-electron chi connectivity index (χ3n) is 7.17. The topological polar surface area (TPSA) is 152 Å². The van der Waals surface area contributed by atoms with Crippen LogP contribution in [0, 0.1) is 5.92 Å². The maximum atomic E-state index is 11.9. The van der Waals surface area contributed by atoms with Crippen LogP contribution in [0.3, 0.4) is 0 Å². The Bertz CT molecular complexity index is 1130. The van der Waals surface area contributed by atoms with Gasteiger partial charge in [-0.25, -0.2) is 0 Å². The van der Waals surface area contributed by atoms with Crippen LogP contribution >= 0.6 is 12.4 Å². The number of ketones is 4. The van der Waals surface area contributed by atoms with E-state index < -0.39 is 23.4 Å². The van der Waals surface area contributed by atoms with E-state index in [0.717, 1.165) is 24.0 Å². The summed E-state index contributed by atoms with van der Waals surface area (Å²) in [5, 5.41) is 5.65. The van der Waals surface area contributed by atoms with Gasteiger partial charge in [-0.3, -0.25) is 28.8 Å². The molecule has 0 saturated carbocycles. The Labute approximate surface area is 273 Å². The number of rotatable bonds is 18. The van der Waals surface area contributed by atoms with Gasteiger partial charge in [0.25, 0.3) is 0 Å². The number of nitrogens with two attached hydrogens (primary N) is 1. The maximum Gasteiger partial charge on any atom is 0.220 e. The number of benzene rings is 2. The average molecular weight is 644 g/mol. The average Bonchev–Trinajstić information content (AvgIpc) is 3.03. The van der Waals surface area contributed by atoms with Crippen LogP contribution in [0.25, 0.3) is 0 Å². The van der Waals surface area contributed by atoms with Crippen molar-refractivity contribution >= 4 is 47.4 Å². The van der Waals surface area contributed by atoms with E-state index in [9.17, 15) is 28.8 Å². The summed E-state index contributed by atoms with van der Waals surface area (Å²) in [4.78, 5) is 70.7. The molecule has 2 aromatic rings. The van der Waals surface area contributed by atoms with Crippen LogP contribution in [0.15, 0.2) is 60.7 Å². The summed E-state index contributed by atoms with van der Waals surface area (Å²) in [7, 11) is 0. The van der Waals surface area contributed by atoms with Gasteiger partial charge in [-0.15, -0.1) is 12.4 Å². The maximum absolute atomic E-state index is 11.9. The van der Waals surface area contributed by atoms with E-state index in [1.807, 2.05) is 88.4 Å². The lowest BCUT2D eigenvalue weighted by Gasteiger charge is -2.14. The summed E-state index contributed by atoms with van der Waals surface area (Å²) in [5.41, 5.74) is 7.62. The second-order valence-electron chi connectivity index (χ2n) is 11.1. The van der Waals surface area contributed by atoms with Gasteiger partial charge < -0.3 is 16.4 Å². The number of carbonyl (C=O) groups excluding carboxylic acids is 6. The zero-order chi connectivity index (χ0) is 33.1. The van der Waals surface area contributed by atoms with Crippen molar-refractivity contribution < 1.29 is 28.8 Å². The predicted molar refractivity (Wildman–Crippen MR) is 179 cm³/mol. The number of Topliss-reactive ketones (excluding diaryl/α,β-unsaturated/α-hetero) is 4. The highest BCUT2D eigenvalue weighted by Crippen LogP contribution is 2.13. The fourth-order valence-corrected chi connectivity index (χ4v) is 4.47. The molecule has 0 heterocycles. The second kappa shape index (κ2) is 22.8. The van der Waals surface area contributed by atoms with Crippen molar-refractivity contribution in [3.8, 4) is 0 Å². The summed E-state index contributed by atoms with van der Waals surface area (Å²) in [6, 6.07) is 18.2. The van der Waals surface area contributed by atoms with Crippen molar-refractivity contribution in [1.29, 1.82) is 0 Å². The van der Waals surface area contributed by atoms with Gasteiger partial charge >= 0.3 is 0 Å². The second-order valence-corrected chi connectivity index (χ2v) is 11.1. The van der Waals surface area contributed by atoms with Crippen LogP contribution in [-0.4, -0.2) is 41.0 Å². The Morgan fingerprint density at radius 2 is 0.978 bits per heavy atom. The van der Waals surface area contributed by atoms with E-state index in [2.05, 4.69) is 10.6 Å². The molecule has 2 unspecified atom stereocenters. The molecule has 0 aromatic heterocycles. The first-order valence-electron chi connectivity index (χ1n) is 15.5. The Hall–Kier alpha value is -3.69. The number of carbonyl (C=O) groups is 6. The van der Waals surface area contributed by atoms with Crippen molar-refractivity contribution in [2.75, 3.05) is 0 Å². The standard InChI is InChI=1S/C18H25NO3.C17H24N2O3.ClH/c1-4-8-13(2)18(22)16(20)11-12-17(21)19-14(3)15-9-6-5-7-10-15;1-3-7-14(18)17(22)15(20)10-11-16(21)19-12(2)13-8-5-4-6-9-13;/h5-7,9-10,13-14H,4,8,11-12H2,1-3H3,(H,19,21);4-6,8-9,12,14H,3,7,10-11,18H2,1-2H3,(H,19,21);1H/t13?,14-;12-,14?;/m11./s1. The first kappa shape index (κ1) is 41.3. The monoisotopic (exact) mass is 643 g/mol. The van der Waals surface area contributed by atoms with Crippen molar-refractivity contribution in [2.24, 2.45) is 11.7 Å². The minimum absolute atomic E-state index is 0. The van der Waals surface area contributed by atoms with Crippen LogP contribution < -0.4 is 16.4 Å². The Balaban J connectivity index is 0.000000842. The van der Waals surface area contributed by atoms with Crippen molar-refractivity contribution in [3.63, 3.8) is 0 Å². The van der Waals surface area contributed by atoms with Gasteiger partial charge in [0.1, 0.15) is 0 Å². The van der Waals surface area contributed by atoms with E-state index in [-0.39, 0.29) is 73.7 Å². The minimum atomic E-state index is -0.746. The molecule has 2 rings (SSSR count). The van der Waals surface area contributed by atoms with Gasteiger partial charge in [0.2, 0.25) is 29.2 Å². The minimum Gasteiger partial charge on any atom is -0.350 e. The fourth-order valence-electron chi connectivity index (χ4n) is 4.47. The normalized spacial score (nSPS) is 12.9. The molecule has 0 fully saturated rings. The lowest BCUT2D eigenvalue weighted by Crippen LogP contribution is -2.36. The summed E-state index contributed by atoms with van der Waals surface area (Å²) in [6.07, 6.45) is 2.76. The molecule has 0 radical (unpaired) electrons. The Kier molecular flexibility index (Phi) is 20.9. The molecular weight excluding hydrogens is 594 g/mol. The molecule has 10 heteroatoms. The van der Waals surface area contributed by atoms with Crippen molar-refractivity contribution in [2.45, 2.75) is 104 Å². The fraction of sp³-hybridized carbons (Fsp3) is 0.486. The molecule has 2 aromatic carbocycles. The quantitative estimate of drug-likeness (QED) is 0.180. The SMILES string of the molecule is CCCC(C)C(=O)C(=O)CCC(=O)N[C@H](C)c1ccccc1.CCCC(N)C(=O)C(=O)CCC(=O)N[C@H](C)c1ccccc1.Cl. The number of nitrogens with one attached hydrogen (secondary N) is 2. The molecule has 0 aliphatic rings. The molecule has 4 atom stereocenters. The van der Waals surface area contributed by atoms with Crippen molar-refractivity contribution in [3.05, 3.63) is 71.8 Å². The molecule has 2 amide bonds. The molecule has 0 aliphatic carbocycles. The largest absolute Gasteiger partial charge is 0.350 e. The third kappa shape index (κ3) is 16.3. The van der Waals surface area contributed by atoms with Crippen LogP contribution in [0.4, 0.5) is 0 Å². The van der Waals surface area contributed by atoms with Gasteiger partial charge in [-0.05, 0) is 37.8 Å². The van der Waals surface area contributed by atoms with E-state index in [0.29, 0.717) is 12.8 Å². The van der Waals surface area contributed by atoms with Gasteiger partial charge in [0.15, 0.2) is 5.78 Å². The highest BCUT2D eigenvalue weighted by Gasteiger charge is 2.22. The molecule has 0 spiro atoms. The highest BCUT2D eigenvalue weighted by atomic mass is 35.5. The van der Waals surface area contributed by atoms with Crippen LogP contribution in [0.5, 0.6) is 0 Å². The van der Waals surface area contributed by atoms with Crippen LogP contribution in [-0.2, 0) is 28.8 Å². The molecule has 0 bridgehead atoms. The Morgan fingerprint density at radius 3 is 1.36 bits per heavy atom. The molecule has 248 valence electrons. The highest BCUT2D eigenvalue weighted by molar-refractivity contribution is 6.39. The zero-order valence-corrected chi connectivity index (χ0v) is 28.0. The van der Waals surface area contributed by atoms with Crippen LogP contribution in [0.1, 0.15) is 109 Å². The van der Waals surface area contributed by atoms with Gasteiger partial charge in [-0.1, -0.05) is 94.3 Å². The lowest BCUT2D eigenvalue weighted by atomic mass is 9.96. The van der Waals surface area contributed by atoms with Gasteiger partial charge in [0.05, 0.1) is 18.1 Å². The van der Waals surface area contributed by atoms with Crippen molar-refractivity contribution in [1.82, 2.24) is 10.6 Å². The number of hydrogen-bond acceptors (Lipinski definition) is 7. The summed E-state index contributed by atoms with van der Waals surface area (Å²) < 4.78 is 0. The van der Waals surface area contributed by atoms with E-state index >= 15 is 0 Å². The predicted octanol–water partition coefficient (Wildman–Crippen LogP) is 5.55. The zero-order valence-electron chi connectivity index (χ0n) is 27.2. The molecule has 45 heavy (non-hydrogen) atoms. The third-order valence-corrected chi connectivity index (χ3v) is 7.17. The molecular formula is C35H50ClN3O6. The van der Waals surface area contributed by atoms with E-state index in [1.54, 1.807) is 6.92 Å². The number of halogens is 1. The molecule has 0 aliphatic heterocycles. The summed E-state index contributed by atoms with van der Waals surface area (Å²) >= 11 is 0. The molecule has 4 N–H and O–H groups in total. The summed E-state index contributed by atoms with van der Waals surface area (Å²) in [5.74, 6) is -2.64. The van der Waals surface area contributed by atoms with Crippen LogP contribution in [0.2, 0.25) is 0 Å². The molecule has 0 saturated heterocycles. The van der Waals surface area contributed by atoms with Gasteiger partial charge in [-0.2, -0.15) is 0 Å². The number of hydrogen-bond donors (Lipinski definition) is 3.